The van der Waals surface area contributed by atoms with Gasteiger partial charge in [-0.15, -0.1) is 0 Å². The van der Waals surface area contributed by atoms with Crippen LogP contribution in [0, 0.1) is 6.92 Å². The van der Waals surface area contributed by atoms with Crippen LogP contribution in [-0.4, -0.2) is 24.0 Å². The Balaban J connectivity index is 2.13. The van der Waals surface area contributed by atoms with Crippen LogP contribution >= 0.6 is 0 Å². The Kier molecular flexibility index (Phi) is 4.31. The number of carbonyl (C=O) groups is 1. The number of amides is 1. The van der Waals surface area contributed by atoms with Gasteiger partial charge in [0.1, 0.15) is 10.6 Å². The smallest absolute Gasteiger partial charge is 0.296 e. The van der Waals surface area contributed by atoms with Crippen LogP contribution in [-0.2, 0) is 10.1 Å². The summed E-state index contributed by atoms with van der Waals surface area (Å²) < 4.78 is 33.0. The van der Waals surface area contributed by atoms with Gasteiger partial charge in [0, 0.05) is 5.69 Å². The Morgan fingerprint density at radius 2 is 1.77 bits per heavy atom. The average Bonchev–Trinajstić information content (AvgIpc) is 2.55. The molecule has 3 aromatic rings. The minimum atomic E-state index is -4.59. The molecule has 0 aliphatic rings. The monoisotopic (exact) mass is 372 g/mol. The number of aryl methyl sites for hydroxylation is 1. The van der Waals surface area contributed by atoms with Crippen molar-refractivity contribution in [3.63, 3.8) is 0 Å². The zero-order valence-electron chi connectivity index (χ0n) is 13.7. The molecule has 0 saturated heterocycles. The van der Waals surface area contributed by atoms with Crippen LogP contribution < -0.4 is 11.1 Å². The van der Waals surface area contributed by atoms with Gasteiger partial charge in [-0.05, 0) is 54.1 Å². The molecule has 0 bridgehead atoms. The first kappa shape index (κ1) is 17.7. The van der Waals surface area contributed by atoms with Crippen molar-refractivity contribution >= 4 is 38.2 Å². The Morgan fingerprint density at radius 1 is 1.04 bits per heavy atom. The van der Waals surface area contributed by atoms with Gasteiger partial charge in [-0.3, -0.25) is 9.35 Å². The molecule has 0 fully saturated rings. The number of phenolic OH excluding ortho intramolecular Hbond substituents is 1. The Morgan fingerprint density at radius 3 is 2.46 bits per heavy atom. The maximum absolute atomic E-state index is 12.6. The number of carbonyl (C=O) groups excluding carboxylic acids is 1. The van der Waals surface area contributed by atoms with Crippen molar-refractivity contribution < 1.29 is 22.9 Å². The first-order valence-electron chi connectivity index (χ1n) is 7.57. The molecule has 26 heavy (non-hydrogen) atoms. The highest BCUT2D eigenvalue weighted by atomic mass is 32.2. The summed E-state index contributed by atoms with van der Waals surface area (Å²) in [5.41, 5.74) is 6.93. The van der Waals surface area contributed by atoms with Crippen LogP contribution in [0.3, 0.4) is 0 Å². The van der Waals surface area contributed by atoms with Crippen LogP contribution in [0.15, 0.2) is 53.4 Å². The number of hydrogen-bond acceptors (Lipinski definition) is 5. The number of phenols is 1. The summed E-state index contributed by atoms with van der Waals surface area (Å²) in [4.78, 5) is 12.1. The van der Waals surface area contributed by atoms with E-state index < -0.39 is 20.9 Å². The molecule has 0 unspecified atom stereocenters. The van der Waals surface area contributed by atoms with Gasteiger partial charge in [0.15, 0.2) is 0 Å². The van der Waals surface area contributed by atoms with Crippen LogP contribution in [0.2, 0.25) is 0 Å². The standard InChI is InChI=1S/C18H16N2O5S/c1-10-2-5-15(19)14(6-10)18(22)20-16-8-12-7-13(21)4-3-11(12)9-17(16)26(23,24)25/h2-9,21H,19H2,1H3,(H,20,22)(H,23,24,25). The highest BCUT2D eigenvalue weighted by Crippen LogP contribution is 2.30. The van der Waals surface area contributed by atoms with E-state index in [1.807, 2.05) is 0 Å². The van der Waals surface area contributed by atoms with Crippen molar-refractivity contribution in [3.05, 3.63) is 59.7 Å². The number of anilines is 2. The van der Waals surface area contributed by atoms with E-state index in [-0.39, 0.29) is 22.7 Å². The van der Waals surface area contributed by atoms with Gasteiger partial charge in [-0.1, -0.05) is 17.7 Å². The number of benzene rings is 3. The molecule has 134 valence electrons. The van der Waals surface area contributed by atoms with E-state index in [2.05, 4.69) is 5.32 Å². The summed E-state index contributed by atoms with van der Waals surface area (Å²) in [5, 5.41) is 13.0. The van der Waals surface area contributed by atoms with Gasteiger partial charge >= 0.3 is 0 Å². The molecule has 8 heteroatoms. The number of rotatable bonds is 3. The quantitative estimate of drug-likeness (QED) is 0.413. The van der Waals surface area contributed by atoms with Gasteiger partial charge < -0.3 is 16.2 Å². The number of nitrogens with two attached hydrogens (primary N) is 1. The summed E-state index contributed by atoms with van der Waals surface area (Å²) in [6.45, 7) is 1.79. The second-order valence-electron chi connectivity index (χ2n) is 5.90. The number of nitrogens with one attached hydrogen (secondary N) is 1. The van der Waals surface area contributed by atoms with E-state index in [4.69, 9.17) is 5.73 Å². The van der Waals surface area contributed by atoms with E-state index in [9.17, 15) is 22.9 Å². The molecule has 0 aromatic heterocycles. The molecule has 5 N–H and O–H groups in total. The molecule has 3 aromatic carbocycles. The zero-order valence-corrected chi connectivity index (χ0v) is 14.5. The third-order valence-corrected chi connectivity index (χ3v) is 4.80. The molecule has 1 amide bonds. The lowest BCUT2D eigenvalue weighted by atomic mass is 10.1. The Labute approximate surface area is 149 Å². The molecular weight excluding hydrogens is 356 g/mol. The highest BCUT2D eigenvalue weighted by Gasteiger charge is 2.20. The molecule has 0 heterocycles. The molecule has 0 aliphatic heterocycles. The number of hydrogen-bond donors (Lipinski definition) is 4. The second-order valence-corrected chi connectivity index (χ2v) is 7.29. The molecule has 7 nitrogen and oxygen atoms in total. The van der Waals surface area contributed by atoms with Crippen LogP contribution in [0.1, 0.15) is 15.9 Å². The van der Waals surface area contributed by atoms with Gasteiger partial charge in [-0.25, -0.2) is 0 Å². The molecule has 0 aliphatic carbocycles. The number of nitrogen functional groups attached to an aromatic ring is 1. The fourth-order valence-electron chi connectivity index (χ4n) is 2.63. The van der Waals surface area contributed by atoms with Gasteiger partial charge in [0.05, 0.1) is 11.3 Å². The Bertz CT molecular complexity index is 1140. The van der Waals surface area contributed by atoms with Crippen molar-refractivity contribution in [1.82, 2.24) is 0 Å². The van der Waals surface area contributed by atoms with Crippen LogP contribution in [0.5, 0.6) is 5.75 Å². The zero-order chi connectivity index (χ0) is 19.1. The lowest BCUT2D eigenvalue weighted by molar-refractivity contribution is 0.102. The van der Waals surface area contributed by atoms with Crippen LogP contribution in [0.25, 0.3) is 10.8 Å². The minimum Gasteiger partial charge on any atom is -0.508 e. The summed E-state index contributed by atoms with van der Waals surface area (Å²) >= 11 is 0. The van der Waals surface area contributed by atoms with Crippen molar-refractivity contribution in [2.75, 3.05) is 11.1 Å². The van der Waals surface area contributed by atoms with E-state index in [1.165, 1.54) is 30.3 Å². The Hall–Kier alpha value is -3.10. The van der Waals surface area contributed by atoms with Gasteiger partial charge in [-0.2, -0.15) is 8.42 Å². The van der Waals surface area contributed by atoms with Crippen molar-refractivity contribution in [2.45, 2.75) is 11.8 Å². The third kappa shape index (κ3) is 3.46. The molecular formula is C18H16N2O5S. The minimum absolute atomic E-state index is 0.0164. The maximum Gasteiger partial charge on any atom is 0.296 e. The van der Waals surface area contributed by atoms with Crippen molar-refractivity contribution in [2.24, 2.45) is 0 Å². The highest BCUT2D eigenvalue weighted by molar-refractivity contribution is 7.86. The predicted molar refractivity (Wildman–Crippen MR) is 99.0 cm³/mol. The SMILES string of the molecule is Cc1ccc(N)c(C(=O)Nc2cc3cc(O)ccc3cc2S(=O)(=O)O)c1. The fourth-order valence-corrected chi connectivity index (χ4v) is 3.30. The van der Waals surface area contributed by atoms with Crippen molar-refractivity contribution in [3.8, 4) is 5.75 Å². The molecule has 0 saturated carbocycles. The van der Waals surface area contributed by atoms with Crippen LogP contribution in [0.4, 0.5) is 11.4 Å². The normalized spacial score (nSPS) is 11.5. The topological polar surface area (TPSA) is 130 Å². The third-order valence-electron chi connectivity index (χ3n) is 3.90. The average molecular weight is 372 g/mol. The van der Waals surface area contributed by atoms with Crippen molar-refractivity contribution in [1.29, 1.82) is 0 Å². The lowest BCUT2D eigenvalue weighted by Crippen LogP contribution is -2.16. The molecule has 0 atom stereocenters. The summed E-state index contributed by atoms with van der Waals surface area (Å²) in [6, 6.07) is 11.8. The lowest BCUT2D eigenvalue weighted by Gasteiger charge is -2.13. The summed E-state index contributed by atoms with van der Waals surface area (Å²) in [6.07, 6.45) is 0. The largest absolute Gasteiger partial charge is 0.508 e. The van der Waals surface area contributed by atoms with Gasteiger partial charge in [0.25, 0.3) is 16.0 Å². The van der Waals surface area contributed by atoms with E-state index in [0.29, 0.717) is 10.8 Å². The summed E-state index contributed by atoms with van der Waals surface area (Å²) in [5.74, 6) is -0.632. The molecule has 0 radical (unpaired) electrons. The number of fused-ring (bicyclic) bond motifs is 1. The van der Waals surface area contributed by atoms with E-state index in [1.54, 1.807) is 25.1 Å². The second kappa shape index (κ2) is 6.32. The molecule has 3 rings (SSSR count). The number of aromatic hydroxyl groups is 1. The van der Waals surface area contributed by atoms with E-state index in [0.717, 1.165) is 5.56 Å². The maximum atomic E-state index is 12.6. The first-order chi connectivity index (χ1) is 12.1. The first-order valence-corrected chi connectivity index (χ1v) is 9.01. The summed E-state index contributed by atoms with van der Waals surface area (Å²) in [7, 11) is -4.59. The fraction of sp³-hybridized carbons (Fsp3) is 0.0556. The predicted octanol–water partition coefficient (Wildman–Crippen LogP) is 2.94. The van der Waals surface area contributed by atoms with E-state index >= 15 is 0 Å². The molecule has 0 spiro atoms. The van der Waals surface area contributed by atoms with Gasteiger partial charge in [0.2, 0.25) is 0 Å².